The molecule has 1 aliphatic heterocycles. The topological polar surface area (TPSA) is 75.6 Å². The number of amidine groups is 1. The molecule has 1 heterocycles. The molecule has 0 aromatic heterocycles. The van der Waals surface area contributed by atoms with Gasteiger partial charge in [0.2, 0.25) is 20.9 Å². The van der Waals surface area contributed by atoms with E-state index in [4.69, 9.17) is 23.2 Å². The summed E-state index contributed by atoms with van der Waals surface area (Å²) in [7, 11) is -4.21. The first-order valence-corrected chi connectivity index (χ1v) is 10.0. The average Bonchev–Trinajstić information content (AvgIpc) is 2.81. The minimum atomic E-state index is -4.58. The molecule has 0 bridgehead atoms. The van der Waals surface area contributed by atoms with Gasteiger partial charge in [0.15, 0.2) is 5.25 Å². The molecule has 2 aromatic rings. The number of aliphatic imine (C=N–C) groups is 1. The maximum atomic E-state index is 12.8. The Morgan fingerprint density at radius 2 is 1.79 bits per heavy atom. The molecule has 0 radical (unpaired) electrons. The third kappa shape index (κ3) is 4.16. The molecular weight excluding hydrogens is 440 g/mol. The summed E-state index contributed by atoms with van der Waals surface area (Å²) in [5.41, 5.74) is -0.715. The Morgan fingerprint density at radius 1 is 1.07 bits per heavy atom. The Labute approximate surface area is 168 Å². The van der Waals surface area contributed by atoms with E-state index >= 15 is 0 Å². The van der Waals surface area contributed by atoms with Gasteiger partial charge in [0, 0.05) is 0 Å². The van der Waals surface area contributed by atoms with E-state index in [0.717, 1.165) is 18.2 Å². The number of sulfone groups is 1. The van der Waals surface area contributed by atoms with Crippen LogP contribution in [0.1, 0.15) is 11.1 Å². The molecule has 2 aromatic carbocycles. The molecule has 0 aliphatic carbocycles. The summed E-state index contributed by atoms with van der Waals surface area (Å²) in [6.45, 7) is 0. The van der Waals surface area contributed by atoms with E-state index in [1.165, 1.54) is 24.3 Å². The molecule has 3 rings (SSSR count). The fourth-order valence-electron chi connectivity index (χ4n) is 2.59. The fraction of sp³-hybridized carbons (Fsp3) is 0.176. The molecule has 1 fully saturated rings. The van der Waals surface area contributed by atoms with Gasteiger partial charge in [0.1, 0.15) is 0 Å². The molecule has 1 saturated heterocycles. The number of nitrogens with one attached hydrogen (secondary N) is 1. The van der Waals surface area contributed by atoms with Crippen LogP contribution < -0.4 is 5.32 Å². The first-order valence-electron chi connectivity index (χ1n) is 7.73. The number of hydrogen-bond donors (Lipinski definition) is 1. The van der Waals surface area contributed by atoms with Gasteiger partial charge in [-0.2, -0.15) is 13.2 Å². The smallest absolute Gasteiger partial charge is 0.300 e. The van der Waals surface area contributed by atoms with Gasteiger partial charge >= 0.3 is 6.18 Å². The second-order valence-electron chi connectivity index (χ2n) is 5.94. The van der Waals surface area contributed by atoms with Gasteiger partial charge < -0.3 is 0 Å². The average molecular weight is 451 g/mol. The number of rotatable bonds is 3. The predicted molar refractivity (Wildman–Crippen MR) is 99.6 cm³/mol. The standard InChI is InChI=1S/C17H11Cl2F3N2O3S/c18-12-5-4-11(8-13(12)19)23-16-24-15(25)14(28(16,26)27)7-9-2-1-3-10(6-9)17(20,21)22/h1-6,8,14H,7H2,(H,23,24,25). The van der Waals surface area contributed by atoms with E-state index in [1.807, 2.05) is 0 Å². The Balaban J connectivity index is 1.91. The minimum Gasteiger partial charge on any atom is -0.300 e. The van der Waals surface area contributed by atoms with Gasteiger partial charge in [-0.1, -0.05) is 41.4 Å². The highest BCUT2D eigenvalue weighted by Crippen LogP contribution is 2.31. The summed E-state index contributed by atoms with van der Waals surface area (Å²) >= 11 is 11.6. The summed E-state index contributed by atoms with van der Waals surface area (Å²) < 4.78 is 63.8. The molecule has 1 atom stereocenters. The van der Waals surface area contributed by atoms with Crippen LogP contribution in [0.25, 0.3) is 0 Å². The number of amides is 1. The first-order chi connectivity index (χ1) is 13.0. The van der Waals surface area contributed by atoms with Gasteiger partial charge in [0.05, 0.1) is 21.3 Å². The normalized spacial score (nSPS) is 20.4. The van der Waals surface area contributed by atoms with Crippen LogP contribution in [0.2, 0.25) is 10.0 Å². The number of carbonyl (C=O) groups is 1. The molecular formula is C17H11Cl2F3N2O3S. The lowest BCUT2D eigenvalue weighted by Crippen LogP contribution is -2.27. The van der Waals surface area contributed by atoms with Crippen molar-refractivity contribution in [3.63, 3.8) is 0 Å². The summed E-state index contributed by atoms with van der Waals surface area (Å²) in [5, 5.41) is 0.377. The van der Waals surface area contributed by atoms with Gasteiger partial charge in [0.25, 0.3) is 0 Å². The molecule has 1 N–H and O–H groups in total. The largest absolute Gasteiger partial charge is 0.416 e. The van der Waals surface area contributed by atoms with Gasteiger partial charge in [-0.05, 0) is 36.2 Å². The maximum Gasteiger partial charge on any atom is 0.416 e. The predicted octanol–water partition coefficient (Wildman–Crippen LogP) is 4.16. The van der Waals surface area contributed by atoms with Crippen LogP contribution in [0.4, 0.5) is 18.9 Å². The minimum absolute atomic E-state index is 0.0642. The van der Waals surface area contributed by atoms with Crippen molar-refractivity contribution in [3.05, 3.63) is 63.6 Å². The Hall–Kier alpha value is -2.10. The van der Waals surface area contributed by atoms with Crippen molar-refractivity contribution >= 4 is 49.8 Å². The Bertz CT molecular complexity index is 1090. The molecule has 1 amide bonds. The third-order valence-electron chi connectivity index (χ3n) is 3.98. The number of benzene rings is 2. The van der Waals surface area contributed by atoms with Crippen LogP contribution >= 0.6 is 23.2 Å². The van der Waals surface area contributed by atoms with Gasteiger partial charge in [-0.25, -0.2) is 13.4 Å². The van der Waals surface area contributed by atoms with Crippen molar-refractivity contribution in [2.24, 2.45) is 4.99 Å². The summed E-state index contributed by atoms with van der Waals surface area (Å²) in [6, 6.07) is 8.30. The zero-order valence-corrected chi connectivity index (χ0v) is 16.1. The van der Waals surface area contributed by atoms with Crippen LogP contribution in [-0.2, 0) is 27.2 Å². The molecule has 0 spiro atoms. The summed E-state index contributed by atoms with van der Waals surface area (Å²) in [4.78, 5) is 16.0. The molecule has 28 heavy (non-hydrogen) atoms. The molecule has 148 valence electrons. The second kappa shape index (κ2) is 7.38. The zero-order valence-electron chi connectivity index (χ0n) is 13.8. The van der Waals surface area contributed by atoms with Crippen molar-refractivity contribution in [1.29, 1.82) is 0 Å². The highest BCUT2D eigenvalue weighted by atomic mass is 35.5. The second-order valence-corrected chi connectivity index (χ2v) is 8.80. The van der Waals surface area contributed by atoms with E-state index in [1.54, 1.807) is 0 Å². The molecule has 5 nitrogen and oxygen atoms in total. The maximum absolute atomic E-state index is 12.8. The van der Waals surface area contributed by atoms with Gasteiger partial charge in [-0.3, -0.25) is 10.1 Å². The SMILES string of the molecule is O=C1NC(=Nc2ccc(Cl)c(Cl)c2)S(=O)(=O)C1Cc1cccc(C(F)(F)F)c1. The Kier molecular flexibility index (Phi) is 5.44. The van der Waals surface area contributed by atoms with Crippen molar-refractivity contribution in [3.8, 4) is 0 Å². The molecule has 0 saturated carbocycles. The highest BCUT2D eigenvalue weighted by molar-refractivity contribution is 8.08. The van der Waals surface area contributed by atoms with E-state index < -0.39 is 44.3 Å². The van der Waals surface area contributed by atoms with Gasteiger partial charge in [-0.15, -0.1) is 0 Å². The monoisotopic (exact) mass is 450 g/mol. The quantitative estimate of drug-likeness (QED) is 0.762. The summed E-state index contributed by atoms with van der Waals surface area (Å²) in [5.74, 6) is -0.865. The van der Waals surface area contributed by atoms with Crippen LogP contribution in [-0.4, -0.2) is 24.7 Å². The fourth-order valence-corrected chi connectivity index (χ4v) is 4.38. The third-order valence-corrected chi connectivity index (χ3v) is 6.58. The zero-order chi connectivity index (χ0) is 20.7. The van der Waals surface area contributed by atoms with Crippen molar-refractivity contribution in [2.75, 3.05) is 0 Å². The van der Waals surface area contributed by atoms with E-state index in [9.17, 15) is 26.4 Å². The number of alkyl halides is 3. The van der Waals surface area contributed by atoms with E-state index in [2.05, 4.69) is 10.3 Å². The van der Waals surface area contributed by atoms with Crippen LogP contribution in [0.15, 0.2) is 47.5 Å². The van der Waals surface area contributed by atoms with Crippen LogP contribution in [0.3, 0.4) is 0 Å². The highest BCUT2D eigenvalue weighted by Gasteiger charge is 2.45. The lowest BCUT2D eigenvalue weighted by Gasteiger charge is -2.10. The number of hydrogen-bond acceptors (Lipinski definition) is 4. The van der Waals surface area contributed by atoms with E-state index in [-0.39, 0.29) is 21.3 Å². The lowest BCUT2D eigenvalue weighted by atomic mass is 10.1. The lowest BCUT2D eigenvalue weighted by molar-refractivity contribution is -0.137. The summed E-state index contributed by atoms with van der Waals surface area (Å²) in [6.07, 6.45) is -4.99. The Morgan fingerprint density at radius 3 is 2.43 bits per heavy atom. The molecule has 1 aliphatic rings. The van der Waals surface area contributed by atoms with Crippen LogP contribution in [0, 0.1) is 0 Å². The number of carbonyl (C=O) groups excluding carboxylic acids is 1. The first kappa shape index (κ1) is 20.6. The number of nitrogens with zero attached hydrogens (tertiary/aromatic N) is 1. The van der Waals surface area contributed by atoms with Crippen LogP contribution in [0.5, 0.6) is 0 Å². The van der Waals surface area contributed by atoms with Crippen molar-refractivity contribution in [1.82, 2.24) is 5.32 Å². The number of halogens is 5. The van der Waals surface area contributed by atoms with Crippen molar-refractivity contribution < 1.29 is 26.4 Å². The molecule has 1 unspecified atom stereocenters. The van der Waals surface area contributed by atoms with E-state index in [0.29, 0.717) is 0 Å². The molecule has 11 heteroatoms. The van der Waals surface area contributed by atoms with Crippen molar-refractivity contribution in [2.45, 2.75) is 17.8 Å².